The third-order valence-electron chi connectivity index (χ3n) is 1.70. The number of ether oxygens (including phenoxy) is 1. The minimum absolute atomic E-state index is 0.0889. The molecule has 0 spiro atoms. The fourth-order valence-corrected chi connectivity index (χ4v) is 0.947. The maximum Gasteiger partial charge on any atom is 0.306 e. The average molecular weight is 212 g/mol. The molecule has 0 aliphatic carbocycles. The molecule has 1 aromatic heterocycles. The molecule has 0 atom stereocenters. The van der Waals surface area contributed by atoms with E-state index in [1.807, 2.05) is 6.92 Å². The van der Waals surface area contributed by atoms with Crippen LogP contribution in [0.3, 0.4) is 0 Å². The zero-order valence-corrected chi connectivity index (χ0v) is 8.36. The van der Waals surface area contributed by atoms with Gasteiger partial charge < -0.3 is 14.3 Å². The molecule has 1 aromatic rings. The van der Waals surface area contributed by atoms with Crippen molar-refractivity contribution in [3.8, 4) is 5.75 Å². The summed E-state index contributed by atoms with van der Waals surface area (Å²) < 4.78 is 9.65. The van der Waals surface area contributed by atoms with Gasteiger partial charge in [0.1, 0.15) is 18.6 Å². The van der Waals surface area contributed by atoms with Gasteiger partial charge in [0.2, 0.25) is 5.43 Å². The molecule has 0 bridgehead atoms. The topological polar surface area (TPSA) is 76.7 Å². The molecule has 0 saturated carbocycles. The van der Waals surface area contributed by atoms with E-state index in [2.05, 4.69) is 0 Å². The molecule has 0 unspecified atom stereocenters. The number of aromatic hydroxyl groups is 1. The van der Waals surface area contributed by atoms with Gasteiger partial charge in [-0.2, -0.15) is 0 Å². The van der Waals surface area contributed by atoms with Crippen molar-refractivity contribution in [2.75, 3.05) is 0 Å². The Bertz CT molecular complexity index is 393. The van der Waals surface area contributed by atoms with Crippen LogP contribution in [0.2, 0.25) is 0 Å². The van der Waals surface area contributed by atoms with Crippen LogP contribution in [0.1, 0.15) is 25.5 Å². The number of rotatable bonds is 4. The van der Waals surface area contributed by atoms with Crippen LogP contribution in [-0.2, 0) is 16.1 Å². The molecule has 0 fully saturated rings. The molecular weight excluding hydrogens is 200 g/mol. The van der Waals surface area contributed by atoms with Gasteiger partial charge in [-0.15, -0.1) is 0 Å². The van der Waals surface area contributed by atoms with Crippen molar-refractivity contribution in [1.82, 2.24) is 0 Å². The van der Waals surface area contributed by atoms with E-state index < -0.39 is 11.2 Å². The molecular formula is C10H12O5. The maximum atomic E-state index is 11.0. The molecule has 0 amide bonds. The van der Waals surface area contributed by atoms with Crippen molar-refractivity contribution in [2.24, 2.45) is 0 Å². The third kappa shape index (κ3) is 3.46. The number of hydrogen-bond acceptors (Lipinski definition) is 5. The lowest BCUT2D eigenvalue weighted by Crippen LogP contribution is -2.06. The summed E-state index contributed by atoms with van der Waals surface area (Å²) in [5, 5.41) is 8.89. The molecule has 1 heterocycles. The predicted molar refractivity (Wildman–Crippen MR) is 51.3 cm³/mol. The molecule has 0 aliphatic rings. The van der Waals surface area contributed by atoms with Crippen molar-refractivity contribution in [1.29, 1.82) is 0 Å². The fraction of sp³-hybridized carbons (Fsp3) is 0.400. The average Bonchev–Trinajstić information content (AvgIpc) is 2.20. The predicted octanol–water partition coefficient (Wildman–Crippen LogP) is 1.19. The van der Waals surface area contributed by atoms with Crippen LogP contribution in [0.5, 0.6) is 5.75 Å². The molecule has 0 radical (unpaired) electrons. The second kappa shape index (κ2) is 5.19. The Morgan fingerprint density at radius 3 is 2.93 bits per heavy atom. The fourth-order valence-electron chi connectivity index (χ4n) is 0.947. The lowest BCUT2D eigenvalue weighted by molar-refractivity contribution is -0.145. The van der Waals surface area contributed by atoms with E-state index in [4.69, 9.17) is 14.3 Å². The molecule has 1 rings (SSSR count). The Labute approximate surface area is 86.3 Å². The zero-order valence-electron chi connectivity index (χ0n) is 8.36. The highest BCUT2D eigenvalue weighted by Gasteiger charge is 2.05. The van der Waals surface area contributed by atoms with Crippen LogP contribution in [0, 0.1) is 0 Å². The van der Waals surface area contributed by atoms with Crippen LogP contribution >= 0.6 is 0 Å². The van der Waals surface area contributed by atoms with Crippen molar-refractivity contribution in [2.45, 2.75) is 26.4 Å². The van der Waals surface area contributed by atoms with Gasteiger partial charge in [0, 0.05) is 12.5 Å². The van der Waals surface area contributed by atoms with Crippen LogP contribution in [-0.4, -0.2) is 11.1 Å². The first-order valence-corrected chi connectivity index (χ1v) is 4.59. The van der Waals surface area contributed by atoms with E-state index in [9.17, 15) is 9.59 Å². The molecule has 82 valence electrons. The van der Waals surface area contributed by atoms with E-state index >= 15 is 0 Å². The van der Waals surface area contributed by atoms with E-state index in [-0.39, 0.29) is 18.3 Å². The Balaban J connectivity index is 2.55. The molecule has 5 nitrogen and oxygen atoms in total. The van der Waals surface area contributed by atoms with Crippen LogP contribution in [0.4, 0.5) is 0 Å². The number of carbonyl (C=O) groups excluding carboxylic acids is 1. The van der Waals surface area contributed by atoms with E-state index in [1.54, 1.807) is 0 Å². The molecule has 0 aromatic carbocycles. The lowest BCUT2D eigenvalue weighted by atomic mass is 10.3. The zero-order chi connectivity index (χ0) is 11.3. The van der Waals surface area contributed by atoms with Crippen LogP contribution < -0.4 is 5.43 Å². The van der Waals surface area contributed by atoms with Gasteiger partial charge in [0.25, 0.3) is 0 Å². The van der Waals surface area contributed by atoms with Crippen LogP contribution in [0.25, 0.3) is 0 Å². The number of carbonyl (C=O) groups is 1. The SMILES string of the molecule is CCCC(=O)OCc1cc(=O)c(O)co1. The molecule has 5 heteroatoms. The van der Waals surface area contributed by atoms with Gasteiger partial charge in [0.05, 0.1) is 0 Å². The summed E-state index contributed by atoms with van der Waals surface area (Å²) in [5.74, 6) is -0.589. The van der Waals surface area contributed by atoms with Gasteiger partial charge in [-0.05, 0) is 6.42 Å². The van der Waals surface area contributed by atoms with Gasteiger partial charge >= 0.3 is 5.97 Å². The Hall–Kier alpha value is -1.78. The second-order valence-corrected chi connectivity index (χ2v) is 3.01. The largest absolute Gasteiger partial charge is 0.502 e. The standard InChI is InChI=1S/C10H12O5/c1-2-3-10(13)15-5-7-4-8(11)9(12)6-14-7/h4,6,12H,2-3,5H2,1H3. The first-order valence-electron chi connectivity index (χ1n) is 4.59. The molecule has 0 saturated heterocycles. The highest BCUT2D eigenvalue weighted by Crippen LogP contribution is 2.05. The summed E-state index contributed by atoms with van der Waals surface area (Å²) in [5.41, 5.74) is -0.553. The summed E-state index contributed by atoms with van der Waals surface area (Å²) in [4.78, 5) is 21.9. The summed E-state index contributed by atoms with van der Waals surface area (Å²) in [7, 11) is 0. The Morgan fingerprint density at radius 2 is 2.33 bits per heavy atom. The summed E-state index contributed by atoms with van der Waals surface area (Å²) >= 11 is 0. The summed E-state index contributed by atoms with van der Waals surface area (Å²) in [6.45, 7) is 1.77. The quantitative estimate of drug-likeness (QED) is 0.758. The third-order valence-corrected chi connectivity index (χ3v) is 1.70. The minimum atomic E-state index is -0.553. The van der Waals surface area contributed by atoms with Crippen molar-refractivity contribution in [3.05, 3.63) is 28.3 Å². The van der Waals surface area contributed by atoms with Gasteiger partial charge in [0.15, 0.2) is 5.75 Å². The first kappa shape index (κ1) is 11.3. The van der Waals surface area contributed by atoms with Crippen LogP contribution in [0.15, 0.2) is 21.5 Å². The van der Waals surface area contributed by atoms with Gasteiger partial charge in [-0.25, -0.2) is 0 Å². The Kier molecular flexibility index (Phi) is 3.91. The molecule has 1 N–H and O–H groups in total. The summed E-state index contributed by atoms with van der Waals surface area (Å²) in [6, 6.07) is 1.09. The monoisotopic (exact) mass is 212 g/mol. The van der Waals surface area contributed by atoms with E-state index in [1.165, 1.54) is 0 Å². The van der Waals surface area contributed by atoms with E-state index in [0.717, 1.165) is 12.3 Å². The highest BCUT2D eigenvalue weighted by molar-refractivity contribution is 5.69. The number of hydrogen-bond donors (Lipinski definition) is 1. The van der Waals surface area contributed by atoms with Crippen molar-refractivity contribution >= 4 is 5.97 Å². The minimum Gasteiger partial charge on any atom is -0.502 e. The van der Waals surface area contributed by atoms with Gasteiger partial charge in [-0.1, -0.05) is 6.92 Å². The second-order valence-electron chi connectivity index (χ2n) is 3.01. The number of esters is 1. The molecule has 15 heavy (non-hydrogen) atoms. The summed E-state index contributed by atoms with van der Waals surface area (Å²) in [6.07, 6.45) is 1.96. The Morgan fingerprint density at radius 1 is 1.60 bits per heavy atom. The van der Waals surface area contributed by atoms with E-state index in [0.29, 0.717) is 12.8 Å². The van der Waals surface area contributed by atoms with Crippen molar-refractivity contribution in [3.63, 3.8) is 0 Å². The smallest absolute Gasteiger partial charge is 0.306 e. The van der Waals surface area contributed by atoms with Crippen molar-refractivity contribution < 1.29 is 19.1 Å². The maximum absolute atomic E-state index is 11.0. The first-order chi connectivity index (χ1) is 7.13. The highest BCUT2D eigenvalue weighted by atomic mass is 16.5. The normalized spacial score (nSPS) is 9.93. The lowest BCUT2D eigenvalue weighted by Gasteiger charge is -2.02. The molecule has 0 aliphatic heterocycles. The van der Waals surface area contributed by atoms with Gasteiger partial charge in [-0.3, -0.25) is 9.59 Å².